The molecule has 0 spiro atoms. The zero-order valence-electron chi connectivity index (χ0n) is 13.5. The summed E-state index contributed by atoms with van der Waals surface area (Å²) in [7, 11) is 0. The van der Waals surface area contributed by atoms with Crippen LogP contribution in [0.4, 0.5) is 4.39 Å². The molecule has 2 rings (SSSR count). The normalized spacial score (nSPS) is 10.8. The summed E-state index contributed by atoms with van der Waals surface area (Å²) in [4.78, 5) is 13.3. The van der Waals surface area contributed by atoms with Gasteiger partial charge in [-0.25, -0.2) is 4.39 Å². The van der Waals surface area contributed by atoms with Crippen LogP contribution in [0.2, 0.25) is 0 Å². The molecule has 122 valence electrons. The summed E-state index contributed by atoms with van der Waals surface area (Å²) in [5.74, 6) is -0.255. The summed E-state index contributed by atoms with van der Waals surface area (Å²) in [6.07, 6.45) is 1.65. The van der Waals surface area contributed by atoms with Gasteiger partial charge in [0.1, 0.15) is 5.82 Å². The second kappa shape index (κ2) is 8.73. The van der Waals surface area contributed by atoms with E-state index in [9.17, 15) is 9.18 Å². The number of amides is 1. The standard InChI is InChI=1S/C19H22FNOS/c1-14(2)23-18-8-4-3-7-17(18)19(22)21-13-5-6-15-9-11-16(20)12-10-15/h3-4,7-12,14H,5-6,13H2,1-2H3,(H,21,22). The summed E-state index contributed by atoms with van der Waals surface area (Å²) in [6, 6.07) is 14.2. The lowest BCUT2D eigenvalue weighted by atomic mass is 10.1. The maximum Gasteiger partial charge on any atom is 0.252 e. The average Bonchev–Trinajstić information content (AvgIpc) is 2.53. The third kappa shape index (κ3) is 5.71. The predicted octanol–water partition coefficient (Wildman–Crippen LogP) is 4.69. The first-order chi connectivity index (χ1) is 11.1. The molecule has 0 aromatic heterocycles. The molecule has 1 N–H and O–H groups in total. The highest BCUT2D eigenvalue weighted by atomic mass is 32.2. The summed E-state index contributed by atoms with van der Waals surface area (Å²) < 4.78 is 12.8. The number of benzene rings is 2. The Kier molecular flexibility index (Phi) is 6.66. The van der Waals surface area contributed by atoms with E-state index in [4.69, 9.17) is 0 Å². The second-order valence-corrected chi connectivity index (χ2v) is 7.27. The number of hydrogen-bond acceptors (Lipinski definition) is 2. The van der Waals surface area contributed by atoms with Crippen LogP contribution in [-0.2, 0) is 6.42 Å². The maximum absolute atomic E-state index is 12.8. The molecule has 2 nitrogen and oxygen atoms in total. The van der Waals surface area contributed by atoms with E-state index in [0.29, 0.717) is 11.8 Å². The third-order valence-corrected chi connectivity index (χ3v) is 4.42. The first-order valence-electron chi connectivity index (χ1n) is 7.84. The number of carbonyl (C=O) groups is 1. The first-order valence-corrected chi connectivity index (χ1v) is 8.72. The van der Waals surface area contributed by atoms with Gasteiger partial charge in [0, 0.05) is 16.7 Å². The highest BCUT2D eigenvalue weighted by Crippen LogP contribution is 2.26. The largest absolute Gasteiger partial charge is 0.352 e. The van der Waals surface area contributed by atoms with Crippen LogP contribution in [0.15, 0.2) is 53.4 Å². The van der Waals surface area contributed by atoms with Crippen molar-refractivity contribution in [1.82, 2.24) is 5.32 Å². The average molecular weight is 331 g/mol. The van der Waals surface area contributed by atoms with Gasteiger partial charge in [0.2, 0.25) is 0 Å². The molecule has 0 saturated heterocycles. The summed E-state index contributed by atoms with van der Waals surface area (Å²) in [5, 5.41) is 3.40. The molecular weight excluding hydrogens is 309 g/mol. The van der Waals surface area contributed by atoms with E-state index in [-0.39, 0.29) is 11.7 Å². The highest BCUT2D eigenvalue weighted by Gasteiger charge is 2.11. The molecule has 2 aromatic rings. The van der Waals surface area contributed by atoms with Gasteiger partial charge in [0.25, 0.3) is 5.91 Å². The van der Waals surface area contributed by atoms with Crippen molar-refractivity contribution in [3.63, 3.8) is 0 Å². The number of nitrogens with one attached hydrogen (secondary N) is 1. The Balaban J connectivity index is 1.84. The van der Waals surface area contributed by atoms with Crippen LogP contribution < -0.4 is 5.32 Å². The zero-order chi connectivity index (χ0) is 16.7. The van der Waals surface area contributed by atoms with Crippen molar-refractivity contribution in [2.24, 2.45) is 0 Å². The van der Waals surface area contributed by atoms with Gasteiger partial charge in [-0.1, -0.05) is 38.1 Å². The van der Waals surface area contributed by atoms with Crippen molar-refractivity contribution in [2.45, 2.75) is 36.8 Å². The van der Waals surface area contributed by atoms with Gasteiger partial charge in [-0.2, -0.15) is 0 Å². The lowest BCUT2D eigenvalue weighted by Crippen LogP contribution is -2.25. The summed E-state index contributed by atoms with van der Waals surface area (Å²) in [5.41, 5.74) is 1.81. The van der Waals surface area contributed by atoms with Gasteiger partial charge >= 0.3 is 0 Å². The highest BCUT2D eigenvalue weighted by molar-refractivity contribution is 8.00. The minimum Gasteiger partial charge on any atom is -0.352 e. The van der Waals surface area contributed by atoms with Crippen LogP contribution in [-0.4, -0.2) is 17.7 Å². The molecule has 0 aliphatic heterocycles. The molecule has 0 aliphatic carbocycles. The Hall–Kier alpha value is -1.81. The van der Waals surface area contributed by atoms with Crippen molar-refractivity contribution in [3.8, 4) is 0 Å². The van der Waals surface area contributed by atoms with E-state index >= 15 is 0 Å². The second-order valence-electron chi connectivity index (χ2n) is 5.65. The van der Waals surface area contributed by atoms with Gasteiger partial charge in [-0.05, 0) is 42.7 Å². The Bertz CT molecular complexity index is 640. The topological polar surface area (TPSA) is 29.1 Å². The van der Waals surface area contributed by atoms with Crippen LogP contribution in [0.25, 0.3) is 0 Å². The molecule has 0 aliphatic rings. The van der Waals surface area contributed by atoms with Crippen LogP contribution in [0.3, 0.4) is 0 Å². The van der Waals surface area contributed by atoms with Gasteiger partial charge < -0.3 is 5.32 Å². The Morgan fingerprint density at radius 1 is 1.13 bits per heavy atom. The lowest BCUT2D eigenvalue weighted by Gasteiger charge is -2.11. The number of thioether (sulfide) groups is 1. The molecule has 0 atom stereocenters. The molecule has 2 aromatic carbocycles. The van der Waals surface area contributed by atoms with E-state index in [0.717, 1.165) is 28.9 Å². The number of hydrogen-bond donors (Lipinski definition) is 1. The minimum absolute atomic E-state index is 0.0344. The van der Waals surface area contributed by atoms with Crippen LogP contribution in [0.5, 0.6) is 0 Å². The maximum atomic E-state index is 12.8. The first kappa shape index (κ1) is 17.5. The molecule has 4 heteroatoms. The molecule has 0 bridgehead atoms. The Morgan fingerprint density at radius 2 is 1.83 bits per heavy atom. The summed E-state index contributed by atoms with van der Waals surface area (Å²) in [6.45, 7) is 4.83. The zero-order valence-corrected chi connectivity index (χ0v) is 14.3. The van der Waals surface area contributed by atoms with Crippen LogP contribution in [0, 0.1) is 5.82 Å². The van der Waals surface area contributed by atoms with E-state index in [1.807, 2.05) is 24.3 Å². The monoisotopic (exact) mass is 331 g/mol. The molecule has 23 heavy (non-hydrogen) atoms. The van der Waals surface area contributed by atoms with Gasteiger partial charge in [-0.15, -0.1) is 11.8 Å². The number of aryl methyl sites for hydroxylation is 1. The molecule has 0 radical (unpaired) electrons. The third-order valence-electron chi connectivity index (χ3n) is 3.34. The molecule has 0 fully saturated rings. The van der Waals surface area contributed by atoms with Crippen molar-refractivity contribution in [1.29, 1.82) is 0 Å². The van der Waals surface area contributed by atoms with Crippen molar-refractivity contribution >= 4 is 17.7 Å². The molecule has 0 unspecified atom stereocenters. The van der Waals surface area contributed by atoms with Crippen molar-refractivity contribution < 1.29 is 9.18 Å². The smallest absolute Gasteiger partial charge is 0.252 e. The van der Waals surface area contributed by atoms with E-state index in [1.54, 1.807) is 23.9 Å². The van der Waals surface area contributed by atoms with Gasteiger partial charge in [0.15, 0.2) is 0 Å². The fourth-order valence-electron chi connectivity index (χ4n) is 2.25. The molecular formula is C19H22FNOS. The number of rotatable bonds is 7. The van der Waals surface area contributed by atoms with E-state index in [1.165, 1.54) is 12.1 Å². The fourth-order valence-corrected chi connectivity index (χ4v) is 3.20. The Labute approximate surface area is 141 Å². The van der Waals surface area contributed by atoms with Crippen molar-refractivity contribution in [2.75, 3.05) is 6.54 Å². The van der Waals surface area contributed by atoms with E-state index < -0.39 is 0 Å². The number of halogens is 1. The molecule has 0 saturated carbocycles. The summed E-state index contributed by atoms with van der Waals surface area (Å²) >= 11 is 1.69. The van der Waals surface area contributed by atoms with Gasteiger partial charge in [-0.3, -0.25) is 4.79 Å². The minimum atomic E-state index is -0.221. The molecule has 0 heterocycles. The quantitative estimate of drug-likeness (QED) is 0.589. The molecule has 1 amide bonds. The van der Waals surface area contributed by atoms with Crippen LogP contribution in [0.1, 0.15) is 36.2 Å². The number of carbonyl (C=O) groups excluding carboxylic acids is 1. The van der Waals surface area contributed by atoms with Crippen molar-refractivity contribution in [3.05, 3.63) is 65.5 Å². The SMILES string of the molecule is CC(C)Sc1ccccc1C(=O)NCCCc1ccc(F)cc1. The van der Waals surface area contributed by atoms with Gasteiger partial charge in [0.05, 0.1) is 5.56 Å². The Morgan fingerprint density at radius 3 is 2.52 bits per heavy atom. The fraction of sp³-hybridized carbons (Fsp3) is 0.316. The lowest BCUT2D eigenvalue weighted by molar-refractivity contribution is 0.0950. The predicted molar refractivity (Wildman–Crippen MR) is 94.5 cm³/mol. The van der Waals surface area contributed by atoms with Crippen LogP contribution >= 0.6 is 11.8 Å². The van der Waals surface area contributed by atoms with E-state index in [2.05, 4.69) is 19.2 Å².